The Balaban J connectivity index is -0.000000314. The van der Waals surface area contributed by atoms with Crippen molar-refractivity contribution in [2.75, 3.05) is 6.54 Å². The van der Waals surface area contributed by atoms with E-state index in [1.807, 2.05) is 53.7 Å². The van der Waals surface area contributed by atoms with E-state index in [0.717, 1.165) is 19.3 Å². The van der Waals surface area contributed by atoms with Crippen molar-refractivity contribution in [2.45, 2.75) is 320 Å². The number of carboxylic acids is 1. The molecule has 9 aromatic rings. The van der Waals surface area contributed by atoms with Crippen molar-refractivity contribution in [3.8, 4) is 0 Å². The highest BCUT2D eigenvalue weighted by Crippen LogP contribution is 2.26. The Labute approximate surface area is 758 Å². The van der Waals surface area contributed by atoms with Crippen LogP contribution in [0.15, 0.2) is 266 Å². The fraction of sp³-hybridized carbons (Fsp3) is 0.468. The topological polar surface area (TPSA) is 273 Å². The summed E-state index contributed by atoms with van der Waals surface area (Å²) in [5, 5.41) is 13.4. The minimum absolute atomic E-state index is 0. The molecule has 0 unspecified atom stereocenters. The van der Waals surface area contributed by atoms with Crippen LogP contribution in [0.2, 0.25) is 0 Å². The van der Waals surface area contributed by atoms with Crippen LogP contribution < -0.4 is 40.1 Å². The van der Waals surface area contributed by atoms with E-state index in [-0.39, 0.29) is 50.0 Å². The largest absolute Gasteiger partial charge is 0.481 e. The van der Waals surface area contributed by atoms with E-state index in [0.29, 0.717) is 56.7 Å². The predicted octanol–water partition coefficient (Wildman–Crippen LogP) is 28.6. The standard InChI is InChI=1S/C13H24N6O5.4C11H16.3C10H14.2C9H12.3C2H6.2H3N/c1-7(18-9(20)3-2-6-17-13(15)16)12(24)19-8(11(14)23)4-5-10(21)22;1-8(2)11-9(3)6-5-7-10(11)4;3*1-11(2,3)9-10-7-5-4-6-8-10;3*1-10(2,3)9-7-5-4-6-8-9;2*1-8(2)9-6-4-3-5-7-9;3*1-2;;/h7-8H,2-6H2,1H3,(H2,14,23)(H,18,20)(H,19,24)(H,21,22)(H4,15,16,17);5-8H,1-4H3;3*4-8H,9H2,1-3H3;3*4-8H,1-3H3;2*3-8H,1-2H3;3*1-2H3;2*1H3/t7-,8-;;;;;;;;;;;;;;/m0............../s1. The summed E-state index contributed by atoms with van der Waals surface area (Å²) in [5.41, 5.74) is 33.1. The van der Waals surface area contributed by atoms with Gasteiger partial charge in [-0.25, -0.2) is 0 Å². The van der Waals surface area contributed by atoms with Gasteiger partial charge < -0.3 is 45.2 Å². The molecule has 0 bridgehead atoms. The molecule has 692 valence electrons. The highest BCUT2D eigenvalue weighted by atomic mass is 16.4. The smallest absolute Gasteiger partial charge is 0.303 e. The molecule has 0 aliphatic rings. The van der Waals surface area contributed by atoms with Crippen LogP contribution in [0, 0.1) is 30.1 Å². The van der Waals surface area contributed by atoms with E-state index in [9.17, 15) is 19.2 Å². The van der Waals surface area contributed by atoms with Crippen LogP contribution in [-0.4, -0.2) is 53.4 Å². The van der Waals surface area contributed by atoms with Crippen molar-refractivity contribution < 1.29 is 24.3 Å². The van der Waals surface area contributed by atoms with Crippen molar-refractivity contribution in [1.82, 2.24) is 22.9 Å². The van der Waals surface area contributed by atoms with Gasteiger partial charge in [0.25, 0.3) is 0 Å². The maximum atomic E-state index is 11.9. The Bertz CT molecular complexity index is 3750. The molecule has 0 radical (unpaired) electrons. The van der Waals surface area contributed by atoms with E-state index in [2.05, 4.69) is 444 Å². The lowest BCUT2D eigenvalue weighted by Gasteiger charge is -2.18. The molecule has 124 heavy (non-hydrogen) atoms. The molecule has 13 nitrogen and oxygen atoms in total. The number of guanidine groups is 1. The zero-order valence-corrected chi connectivity index (χ0v) is 84.0. The van der Waals surface area contributed by atoms with E-state index >= 15 is 0 Å². The zero-order valence-electron chi connectivity index (χ0n) is 84.0. The maximum Gasteiger partial charge on any atom is 0.303 e. The molecule has 2 atom stereocenters. The first-order valence-electron chi connectivity index (χ1n) is 44.5. The lowest BCUT2D eigenvalue weighted by molar-refractivity contribution is -0.137. The van der Waals surface area contributed by atoms with Gasteiger partial charge in [0.1, 0.15) is 12.1 Å². The number of hydrogen-bond donors (Lipinski definition) is 8. The number of nitrogens with one attached hydrogen (secondary N) is 2. The summed E-state index contributed by atoms with van der Waals surface area (Å²) in [4.78, 5) is 49.0. The van der Waals surface area contributed by atoms with Crippen molar-refractivity contribution in [1.29, 1.82) is 0 Å². The molecule has 0 fully saturated rings. The van der Waals surface area contributed by atoms with Crippen LogP contribution in [0.3, 0.4) is 0 Å². The average Bonchev–Trinajstić information content (AvgIpc) is 0.858. The normalized spacial score (nSPS) is 10.8. The lowest BCUT2D eigenvalue weighted by Crippen LogP contribution is -2.52. The van der Waals surface area contributed by atoms with Gasteiger partial charge in [-0.1, -0.05) is 469 Å². The van der Waals surface area contributed by atoms with Crippen LogP contribution in [0.25, 0.3) is 0 Å². The summed E-state index contributed by atoms with van der Waals surface area (Å²) in [6.07, 6.45) is 3.55. The van der Waals surface area contributed by atoms with Gasteiger partial charge in [-0.05, 0) is 164 Å². The Morgan fingerprint density at radius 1 is 0.355 bits per heavy atom. The first-order valence-corrected chi connectivity index (χ1v) is 44.5. The third-order valence-electron chi connectivity index (χ3n) is 17.6. The molecule has 9 aromatic carbocycles. The first-order chi connectivity index (χ1) is 56.9. The average molecular weight is 1700 g/mol. The van der Waals surface area contributed by atoms with Gasteiger partial charge in [-0.15, -0.1) is 0 Å². The monoisotopic (exact) mass is 1700 g/mol. The van der Waals surface area contributed by atoms with Crippen LogP contribution >= 0.6 is 0 Å². The molecule has 0 aromatic heterocycles. The maximum absolute atomic E-state index is 11.9. The van der Waals surface area contributed by atoms with Crippen LogP contribution in [0.5, 0.6) is 0 Å². The summed E-state index contributed by atoms with van der Waals surface area (Å²) in [5.74, 6) is -1.08. The Hall–Kier alpha value is -9.95. The molecule has 13 heteroatoms. The minimum Gasteiger partial charge on any atom is -0.481 e. The second-order valence-electron chi connectivity index (χ2n) is 37.2. The fourth-order valence-electron chi connectivity index (χ4n) is 11.5. The fourth-order valence-corrected chi connectivity index (χ4v) is 11.5. The van der Waals surface area contributed by atoms with Crippen molar-refractivity contribution in [3.05, 3.63) is 322 Å². The highest BCUT2D eigenvalue weighted by Gasteiger charge is 2.24. The molecule has 0 saturated heterocycles. The highest BCUT2D eigenvalue weighted by molar-refractivity contribution is 5.91. The number of rotatable bonds is 17. The number of aliphatic imine (C=N–C) groups is 1. The number of amides is 3. The molecule has 0 saturated carbocycles. The van der Waals surface area contributed by atoms with Gasteiger partial charge >= 0.3 is 5.97 Å². The quantitative estimate of drug-likeness (QED) is 0.0244. The van der Waals surface area contributed by atoms with E-state index in [1.54, 1.807) is 0 Å². The van der Waals surface area contributed by atoms with Gasteiger partial charge in [0.2, 0.25) is 17.7 Å². The molecule has 0 heterocycles. The third kappa shape index (κ3) is 69.5. The summed E-state index contributed by atoms with van der Waals surface area (Å²) in [6.45, 7) is 71.8. The number of primary amides is 1. The van der Waals surface area contributed by atoms with E-state index < -0.39 is 29.9 Å². The first kappa shape index (κ1) is 125. The number of nitrogens with two attached hydrogens (primary N) is 3. The number of aryl methyl sites for hydroxylation is 2. The van der Waals surface area contributed by atoms with Crippen LogP contribution in [0.1, 0.15) is 319 Å². The van der Waals surface area contributed by atoms with Gasteiger partial charge in [0.05, 0.1) is 0 Å². The zero-order chi connectivity index (χ0) is 94.3. The predicted molar refractivity (Wildman–Crippen MR) is 545 cm³/mol. The molecule has 0 spiro atoms. The van der Waals surface area contributed by atoms with E-state index in [1.165, 1.54) is 68.1 Å². The Morgan fingerprint density at radius 3 is 0.806 bits per heavy atom. The summed E-state index contributed by atoms with van der Waals surface area (Å²) < 4.78 is 0. The molecular weight excluding hydrogens is 1530 g/mol. The number of benzene rings is 9. The third-order valence-corrected chi connectivity index (χ3v) is 17.6. The molecule has 15 N–H and O–H groups in total. The minimum atomic E-state index is -1.12. The number of carbonyl (C=O) groups is 4. The number of aliphatic carboxylic acids is 1. The molecule has 3 amide bonds. The van der Waals surface area contributed by atoms with E-state index in [4.69, 9.17) is 22.3 Å². The number of carbonyl (C=O) groups excluding carboxylic acids is 3. The van der Waals surface area contributed by atoms with Gasteiger partial charge in [-0.2, -0.15) is 0 Å². The summed E-state index contributed by atoms with van der Waals surface area (Å²) in [7, 11) is 0. The second-order valence-corrected chi connectivity index (χ2v) is 37.2. The van der Waals surface area contributed by atoms with Crippen LogP contribution in [0.4, 0.5) is 0 Å². The Morgan fingerprint density at radius 2 is 0.613 bits per heavy atom. The van der Waals surface area contributed by atoms with Crippen LogP contribution in [-0.2, 0) is 54.7 Å². The number of carboxylic acid groups (broad SMARTS) is 1. The molecule has 0 aliphatic heterocycles. The molecular formula is C111H178N8O5. The SMILES string of the molecule is CC.CC.CC.CC(C)(C)Cc1ccccc1.CC(C)(C)Cc1ccccc1.CC(C)(C)Cc1ccccc1.CC(C)(C)c1ccccc1.CC(C)(C)c1ccccc1.CC(C)(C)c1ccccc1.CC(C)c1ccccc1.CC(C)c1ccccc1.C[C@H](NC(=O)CCCN=C(N)N)C(=O)N[C@@H](CCC(=O)O)C(N)=O.Cc1cccc(C)c1C(C)C.N.N. The van der Waals surface area contributed by atoms with Crippen molar-refractivity contribution in [2.24, 2.45) is 38.4 Å². The summed E-state index contributed by atoms with van der Waals surface area (Å²) in [6, 6.07) is 89.0. The van der Waals surface area contributed by atoms with Crippen molar-refractivity contribution >= 4 is 29.7 Å². The number of nitrogens with zero attached hydrogens (tertiary/aromatic N) is 1. The molecule has 0 aliphatic carbocycles. The number of hydrogen-bond acceptors (Lipinski definition) is 7. The molecule has 9 rings (SSSR count). The summed E-state index contributed by atoms with van der Waals surface area (Å²) >= 11 is 0. The van der Waals surface area contributed by atoms with Gasteiger partial charge in [-0.3, -0.25) is 24.2 Å². The van der Waals surface area contributed by atoms with Crippen molar-refractivity contribution in [3.63, 3.8) is 0 Å². The van der Waals surface area contributed by atoms with Gasteiger partial charge in [0.15, 0.2) is 5.96 Å². The Kier molecular flexibility index (Phi) is 69.8. The second kappa shape index (κ2) is 69.4. The lowest BCUT2D eigenvalue weighted by atomic mass is 9.87. The van der Waals surface area contributed by atoms with Gasteiger partial charge in [0, 0.05) is 19.4 Å².